The van der Waals surface area contributed by atoms with Gasteiger partial charge < -0.3 is 15.2 Å². The lowest BCUT2D eigenvalue weighted by Gasteiger charge is -2.39. The number of hydrogen-bond donors (Lipinski definition) is 2. The first kappa shape index (κ1) is 16.3. The molecule has 0 aliphatic heterocycles. The van der Waals surface area contributed by atoms with Crippen LogP contribution in [-0.2, 0) is 4.74 Å². The molecule has 2 N–H and O–H groups in total. The molecule has 2 aliphatic rings. The molecule has 0 radical (unpaired) electrons. The lowest BCUT2D eigenvalue weighted by molar-refractivity contribution is -0.0748. The van der Waals surface area contributed by atoms with Gasteiger partial charge in [-0.3, -0.25) is 0 Å². The van der Waals surface area contributed by atoms with Crippen molar-refractivity contribution in [3.05, 3.63) is 0 Å². The van der Waals surface area contributed by atoms with Crippen LogP contribution in [0.2, 0.25) is 0 Å². The Bertz CT molecular complexity index is 347. The van der Waals surface area contributed by atoms with Gasteiger partial charge in [-0.1, -0.05) is 20.8 Å². The maximum atomic E-state index is 10.1. The van der Waals surface area contributed by atoms with E-state index in [0.29, 0.717) is 24.7 Å². The van der Waals surface area contributed by atoms with Crippen LogP contribution in [-0.4, -0.2) is 36.0 Å². The lowest BCUT2D eigenvalue weighted by atomic mass is 9.70. The minimum absolute atomic E-state index is 0.0430. The first-order valence-electron chi connectivity index (χ1n) is 8.11. The van der Waals surface area contributed by atoms with E-state index in [0.717, 1.165) is 5.92 Å². The van der Waals surface area contributed by atoms with Crippen molar-refractivity contribution < 1.29 is 9.84 Å². The molecule has 3 heteroatoms. The summed E-state index contributed by atoms with van der Waals surface area (Å²) in [6.07, 6.45) is 3.69. The molecule has 2 rings (SSSR count). The van der Waals surface area contributed by atoms with Gasteiger partial charge in [0.1, 0.15) is 0 Å². The predicted octanol–water partition coefficient (Wildman–Crippen LogP) is 2.97. The van der Waals surface area contributed by atoms with E-state index >= 15 is 0 Å². The van der Waals surface area contributed by atoms with E-state index in [4.69, 9.17) is 4.74 Å². The summed E-state index contributed by atoms with van der Waals surface area (Å²) in [6, 6.07) is 0. The molecule has 118 valence electrons. The number of rotatable bonds is 5. The van der Waals surface area contributed by atoms with Crippen molar-refractivity contribution in [2.75, 3.05) is 13.2 Å². The molecule has 0 aromatic heterocycles. The summed E-state index contributed by atoms with van der Waals surface area (Å²) < 4.78 is 6.11. The van der Waals surface area contributed by atoms with Gasteiger partial charge in [0.2, 0.25) is 0 Å². The molecule has 0 spiro atoms. The second kappa shape index (κ2) is 5.26. The van der Waals surface area contributed by atoms with Crippen molar-refractivity contribution in [1.82, 2.24) is 5.32 Å². The van der Waals surface area contributed by atoms with Crippen molar-refractivity contribution in [2.45, 2.75) is 78.6 Å². The third-order valence-corrected chi connectivity index (χ3v) is 6.07. The Morgan fingerprint density at radius 2 is 1.95 bits per heavy atom. The lowest BCUT2D eigenvalue weighted by Crippen LogP contribution is -2.43. The summed E-state index contributed by atoms with van der Waals surface area (Å²) in [4.78, 5) is 0. The van der Waals surface area contributed by atoms with E-state index in [1.54, 1.807) is 0 Å². The van der Waals surface area contributed by atoms with Crippen LogP contribution in [0.1, 0.15) is 60.8 Å². The SMILES string of the molecule is CC(C)(C)NC[C@@H](O)CO[C@H]1C[C@H]2CC[C@@]1(C)C2(C)C. The highest BCUT2D eigenvalue weighted by atomic mass is 16.5. The van der Waals surface area contributed by atoms with Gasteiger partial charge in [0, 0.05) is 12.1 Å². The molecular weight excluding hydrogens is 250 g/mol. The highest BCUT2D eigenvalue weighted by Crippen LogP contribution is 2.66. The first-order chi connectivity index (χ1) is 9.06. The predicted molar refractivity (Wildman–Crippen MR) is 82.7 cm³/mol. The number of β-amino-alcohol motifs (C(OH)–C–C–N with tert-alkyl or cyclic N) is 1. The monoisotopic (exact) mass is 283 g/mol. The van der Waals surface area contributed by atoms with Crippen LogP contribution in [0, 0.1) is 16.7 Å². The van der Waals surface area contributed by atoms with Crippen LogP contribution in [0.4, 0.5) is 0 Å². The zero-order valence-electron chi connectivity index (χ0n) is 14.1. The van der Waals surface area contributed by atoms with Crippen molar-refractivity contribution in [3.63, 3.8) is 0 Å². The van der Waals surface area contributed by atoms with Gasteiger partial charge in [-0.2, -0.15) is 0 Å². The molecule has 3 nitrogen and oxygen atoms in total. The fourth-order valence-electron chi connectivity index (χ4n) is 4.09. The third kappa shape index (κ3) is 2.90. The Labute approximate surface area is 124 Å². The Hall–Kier alpha value is -0.120. The largest absolute Gasteiger partial charge is 0.389 e. The molecule has 0 heterocycles. The maximum absolute atomic E-state index is 10.1. The van der Waals surface area contributed by atoms with E-state index < -0.39 is 6.10 Å². The summed E-state index contributed by atoms with van der Waals surface area (Å²) in [5, 5.41) is 13.4. The van der Waals surface area contributed by atoms with E-state index in [-0.39, 0.29) is 11.0 Å². The summed E-state index contributed by atoms with van der Waals surface area (Å²) in [5.41, 5.74) is 0.711. The molecule has 0 unspecified atom stereocenters. The number of aliphatic hydroxyl groups excluding tert-OH is 1. The van der Waals surface area contributed by atoms with Crippen LogP contribution in [0.25, 0.3) is 0 Å². The van der Waals surface area contributed by atoms with E-state index in [2.05, 4.69) is 46.9 Å². The fraction of sp³-hybridized carbons (Fsp3) is 1.00. The molecule has 20 heavy (non-hydrogen) atoms. The number of fused-ring (bicyclic) bond motifs is 2. The smallest absolute Gasteiger partial charge is 0.0898 e. The van der Waals surface area contributed by atoms with Gasteiger partial charge in [0.05, 0.1) is 18.8 Å². The second-order valence-corrected chi connectivity index (χ2v) is 8.72. The van der Waals surface area contributed by atoms with Crippen molar-refractivity contribution >= 4 is 0 Å². The zero-order valence-corrected chi connectivity index (χ0v) is 14.1. The van der Waals surface area contributed by atoms with Gasteiger partial charge in [0.15, 0.2) is 0 Å². The molecule has 0 aromatic rings. The van der Waals surface area contributed by atoms with Gasteiger partial charge in [0.25, 0.3) is 0 Å². The van der Waals surface area contributed by atoms with E-state index in [1.807, 2.05) is 0 Å². The average Bonchev–Trinajstić information content (AvgIpc) is 2.65. The van der Waals surface area contributed by atoms with Crippen molar-refractivity contribution in [3.8, 4) is 0 Å². The highest BCUT2D eigenvalue weighted by molar-refractivity contribution is 5.11. The molecule has 4 atom stereocenters. The summed E-state index contributed by atoms with van der Waals surface area (Å²) in [6.45, 7) is 14.5. The molecule has 2 aliphatic carbocycles. The van der Waals surface area contributed by atoms with Crippen LogP contribution in [0.3, 0.4) is 0 Å². The molecule has 0 saturated heterocycles. The molecule has 0 amide bonds. The molecule has 2 bridgehead atoms. The Kier molecular flexibility index (Phi) is 4.27. The second-order valence-electron chi connectivity index (χ2n) is 8.72. The molecular formula is C17H33NO2. The molecule has 0 aromatic carbocycles. The maximum Gasteiger partial charge on any atom is 0.0898 e. The highest BCUT2D eigenvalue weighted by Gasteiger charge is 2.61. The van der Waals surface area contributed by atoms with Gasteiger partial charge in [-0.25, -0.2) is 0 Å². The number of hydrogen-bond acceptors (Lipinski definition) is 3. The summed E-state index contributed by atoms with van der Waals surface area (Å²) >= 11 is 0. The van der Waals surface area contributed by atoms with Gasteiger partial charge in [-0.15, -0.1) is 0 Å². The topological polar surface area (TPSA) is 41.5 Å². The van der Waals surface area contributed by atoms with Gasteiger partial charge in [-0.05, 0) is 56.8 Å². The quantitative estimate of drug-likeness (QED) is 0.815. The van der Waals surface area contributed by atoms with E-state index in [9.17, 15) is 5.11 Å². The summed E-state index contributed by atoms with van der Waals surface area (Å²) in [5.74, 6) is 0.794. The van der Waals surface area contributed by atoms with Gasteiger partial charge >= 0.3 is 0 Å². The third-order valence-electron chi connectivity index (χ3n) is 6.07. The summed E-state index contributed by atoms with van der Waals surface area (Å²) in [7, 11) is 0. The van der Waals surface area contributed by atoms with Crippen LogP contribution in [0.15, 0.2) is 0 Å². The Morgan fingerprint density at radius 1 is 1.30 bits per heavy atom. The Balaban J connectivity index is 1.81. The minimum Gasteiger partial charge on any atom is -0.389 e. The number of ether oxygens (including phenoxy) is 1. The van der Waals surface area contributed by atoms with Crippen molar-refractivity contribution in [2.24, 2.45) is 16.7 Å². The molecule has 2 fully saturated rings. The average molecular weight is 283 g/mol. The minimum atomic E-state index is -0.417. The number of aliphatic hydroxyl groups is 1. The molecule has 2 saturated carbocycles. The first-order valence-corrected chi connectivity index (χ1v) is 8.11. The van der Waals surface area contributed by atoms with Crippen LogP contribution in [0.5, 0.6) is 0 Å². The fourth-order valence-corrected chi connectivity index (χ4v) is 4.09. The number of nitrogens with one attached hydrogen (secondary N) is 1. The van der Waals surface area contributed by atoms with Crippen LogP contribution < -0.4 is 5.32 Å². The normalized spacial score (nSPS) is 37.4. The van der Waals surface area contributed by atoms with Crippen molar-refractivity contribution in [1.29, 1.82) is 0 Å². The van der Waals surface area contributed by atoms with E-state index in [1.165, 1.54) is 19.3 Å². The Morgan fingerprint density at radius 3 is 2.40 bits per heavy atom. The standard InChI is InChI=1S/C17H33NO2/c1-15(2,3)18-10-13(19)11-20-14-9-12-7-8-17(14,6)16(12,4)5/h12-14,18-19H,7-11H2,1-6H3/t12-,13-,14+,17-/m1/s1. The van der Waals surface area contributed by atoms with Crippen LogP contribution >= 0.6 is 0 Å². The zero-order chi connectivity index (χ0) is 15.2.